The number of nitrogens with zero attached hydrogens (tertiary/aromatic N) is 1. The summed E-state index contributed by atoms with van der Waals surface area (Å²) in [6.45, 7) is 1.27. The Morgan fingerprint density at radius 3 is 2.43 bits per heavy atom. The quantitative estimate of drug-likeness (QED) is 0.437. The number of anilines is 1. The molecule has 1 heterocycles. The first kappa shape index (κ1) is 20.3. The number of ether oxygens (including phenoxy) is 1. The van der Waals surface area contributed by atoms with Crippen LogP contribution in [0.4, 0.5) is 5.13 Å². The number of aromatic nitrogens is 1. The van der Waals surface area contributed by atoms with Crippen LogP contribution in [-0.2, 0) is 16.4 Å². The van der Waals surface area contributed by atoms with Gasteiger partial charge in [-0.15, -0.1) is 11.3 Å². The molecule has 0 amide bonds. The van der Waals surface area contributed by atoms with Gasteiger partial charge < -0.3 is 15.2 Å². The van der Waals surface area contributed by atoms with Crippen molar-refractivity contribution in [2.24, 2.45) is 0 Å². The number of aliphatic hydroxyl groups is 1. The maximum absolute atomic E-state index is 12.6. The molecule has 0 aliphatic carbocycles. The van der Waals surface area contributed by atoms with Gasteiger partial charge in [0.2, 0.25) is 0 Å². The molecule has 0 aliphatic heterocycles. The smallest absolute Gasteiger partial charge is 0.263 e. The molecule has 3 N–H and O–H groups in total. The molecule has 0 bridgehead atoms. The summed E-state index contributed by atoms with van der Waals surface area (Å²) in [5.74, 6) is 1.23. The summed E-state index contributed by atoms with van der Waals surface area (Å²) in [7, 11) is -3.73. The third-order valence-electron chi connectivity index (χ3n) is 3.73. The minimum atomic E-state index is -3.73. The van der Waals surface area contributed by atoms with Crippen LogP contribution in [0.3, 0.4) is 0 Å². The summed E-state index contributed by atoms with van der Waals surface area (Å²) in [5.41, 5.74) is 0.791. The van der Waals surface area contributed by atoms with Crippen molar-refractivity contribution in [3.8, 4) is 11.5 Å². The number of aliphatic hydroxyl groups excluding tert-OH is 1. The largest absolute Gasteiger partial charge is 0.457 e. The van der Waals surface area contributed by atoms with Gasteiger partial charge in [-0.1, -0.05) is 18.2 Å². The van der Waals surface area contributed by atoms with Crippen LogP contribution < -0.4 is 14.8 Å². The van der Waals surface area contributed by atoms with Gasteiger partial charge in [0.15, 0.2) is 5.13 Å². The highest BCUT2D eigenvalue weighted by molar-refractivity contribution is 7.93. The first-order chi connectivity index (χ1) is 13.6. The molecule has 0 saturated carbocycles. The fourth-order valence-electron chi connectivity index (χ4n) is 2.37. The molecule has 0 radical (unpaired) electrons. The van der Waals surface area contributed by atoms with Gasteiger partial charge in [0.1, 0.15) is 11.5 Å². The third-order valence-corrected chi connectivity index (χ3v) is 6.02. The first-order valence-corrected chi connectivity index (χ1v) is 11.0. The Morgan fingerprint density at radius 1 is 1.00 bits per heavy atom. The van der Waals surface area contributed by atoms with Crippen LogP contribution in [0.5, 0.6) is 11.5 Å². The Balaban J connectivity index is 1.60. The fourth-order valence-corrected chi connectivity index (χ4v) is 4.37. The number of rotatable bonds is 10. The van der Waals surface area contributed by atoms with Crippen molar-refractivity contribution in [1.82, 2.24) is 10.3 Å². The molecule has 3 rings (SSSR count). The minimum absolute atomic E-state index is 0.0806. The topological polar surface area (TPSA) is 101 Å². The first-order valence-electron chi connectivity index (χ1n) is 8.68. The average Bonchev–Trinajstić information content (AvgIpc) is 3.13. The van der Waals surface area contributed by atoms with E-state index >= 15 is 0 Å². The molecule has 9 heteroatoms. The lowest BCUT2D eigenvalue weighted by molar-refractivity contribution is 0.292. The van der Waals surface area contributed by atoms with Crippen molar-refractivity contribution < 1.29 is 18.3 Å². The zero-order valence-electron chi connectivity index (χ0n) is 15.0. The van der Waals surface area contributed by atoms with Crippen LogP contribution in [-0.4, -0.2) is 38.2 Å². The zero-order valence-corrected chi connectivity index (χ0v) is 16.7. The zero-order chi connectivity index (χ0) is 19.8. The highest BCUT2D eigenvalue weighted by Gasteiger charge is 2.16. The van der Waals surface area contributed by atoms with E-state index in [1.165, 1.54) is 23.5 Å². The molecule has 28 heavy (non-hydrogen) atoms. The van der Waals surface area contributed by atoms with Crippen LogP contribution in [0, 0.1) is 0 Å². The number of para-hydroxylation sites is 1. The summed E-state index contributed by atoms with van der Waals surface area (Å²) in [5, 5.41) is 13.9. The molecule has 0 saturated heterocycles. The van der Waals surface area contributed by atoms with Crippen LogP contribution in [0.25, 0.3) is 0 Å². The lowest BCUT2D eigenvalue weighted by Gasteiger charge is -2.08. The second kappa shape index (κ2) is 9.65. The normalized spacial score (nSPS) is 11.3. The summed E-state index contributed by atoms with van der Waals surface area (Å²) < 4.78 is 33.3. The highest BCUT2D eigenvalue weighted by Crippen LogP contribution is 2.24. The lowest BCUT2D eigenvalue weighted by atomic mass is 10.3. The van der Waals surface area contributed by atoms with Gasteiger partial charge in [0, 0.05) is 24.9 Å². The molecule has 2 aromatic carbocycles. The van der Waals surface area contributed by atoms with Crippen molar-refractivity contribution in [3.05, 3.63) is 65.7 Å². The van der Waals surface area contributed by atoms with E-state index in [9.17, 15) is 8.42 Å². The van der Waals surface area contributed by atoms with Crippen molar-refractivity contribution in [2.45, 2.75) is 11.3 Å². The molecular formula is C19H21N3O4S2. The van der Waals surface area contributed by atoms with E-state index < -0.39 is 10.0 Å². The van der Waals surface area contributed by atoms with Crippen LogP contribution >= 0.6 is 11.3 Å². The Morgan fingerprint density at radius 2 is 1.71 bits per heavy atom. The van der Waals surface area contributed by atoms with Gasteiger partial charge in [-0.2, -0.15) is 0 Å². The van der Waals surface area contributed by atoms with Crippen molar-refractivity contribution >= 4 is 26.5 Å². The van der Waals surface area contributed by atoms with E-state index in [0.29, 0.717) is 36.1 Å². The van der Waals surface area contributed by atoms with Gasteiger partial charge >= 0.3 is 0 Å². The van der Waals surface area contributed by atoms with Crippen molar-refractivity contribution in [2.75, 3.05) is 24.4 Å². The van der Waals surface area contributed by atoms with E-state index in [4.69, 9.17) is 9.84 Å². The second-order valence-corrected chi connectivity index (χ2v) is 8.40. The van der Waals surface area contributed by atoms with Gasteiger partial charge in [-0.25, -0.2) is 13.4 Å². The Labute approximate surface area is 168 Å². The second-order valence-electron chi connectivity index (χ2n) is 5.86. The molecule has 0 atom stereocenters. The van der Waals surface area contributed by atoms with Crippen LogP contribution in [0.1, 0.15) is 5.69 Å². The molecule has 0 unspecified atom stereocenters. The number of benzene rings is 2. The number of sulfonamides is 1. The summed E-state index contributed by atoms with van der Waals surface area (Å²) in [6.07, 6.45) is 0.656. The maximum Gasteiger partial charge on any atom is 0.263 e. The number of thiazole rings is 1. The Hall–Kier alpha value is -2.46. The highest BCUT2D eigenvalue weighted by atomic mass is 32.2. The Kier molecular flexibility index (Phi) is 6.99. The van der Waals surface area contributed by atoms with Gasteiger partial charge in [0.25, 0.3) is 10.0 Å². The van der Waals surface area contributed by atoms with Crippen LogP contribution in [0.15, 0.2) is 64.9 Å². The fraction of sp³-hybridized carbons (Fsp3) is 0.211. The van der Waals surface area contributed by atoms with E-state index in [0.717, 1.165) is 5.69 Å². The minimum Gasteiger partial charge on any atom is -0.457 e. The van der Waals surface area contributed by atoms with E-state index in [-0.39, 0.29) is 11.5 Å². The molecule has 148 valence electrons. The van der Waals surface area contributed by atoms with Crippen LogP contribution in [0.2, 0.25) is 0 Å². The number of hydrogen-bond donors (Lipinski definition) is 3. The number of nitrogens with one attached hydrogen (secondary N) is 2. The van der Waals surface area contributed by atoms with E-state index in [2.05, 4.69) is 15.0 Å². The third kappa shape index (κ3) is 5.77. The maximum atomic E-state index is 12.6. The van der Waals surface area contributed by atoms with Gasteiger partial charge in [0.05, 0.1) is 17.2 Å². The van der Waals surface area contributed by atoms with Crippen molar-refractivity contribution in [3.63, 3.8) is 0 Å². The van der Waals surface area contributed by atoms with Gasteiger partial charge in [-0.3, -0.25) is 4.72 Å². The molecule has 3 aromatic rings. The molecule has 0 spiro atoms. The summed E-state index contributed by atoms with van der Waals surface area (Å²) >= 11 is 1.24. The predicted molar refractivity (Wildman–Crippen MR) is 110 cm³/mol. The van der Waals surface area contributed by atoms with Crippen molar-refractivity contribution in [1.29, 1.82) is 0 Å². The lowest BCUT2D eigenvalue weighted by Crippen LogP contribution is -2.21. The predicted octanol–water partition coefficient (Wildman–Crippen LogP) is 2.86. The van der Waals surface area contributed by atoms with E-state index in [1.54, 1.807) is 12.1 Å². The summed E-state index contributed by atoms with van der Waals surface area (Å²) in [6, 6.07) is 15.5. The molecule has 7 nitrogen and oxygen atoms in total. The standard InChI is InChI=1S/C19H21N3O4S2/c23-13-12-20-11-10-15-14-27-19(21-15)22-28(24,25)18-8-6-17(7-9-18)26-16-4-2-1-3-5-16/h1-9,14,20,23H,10-13H2,(H,21,22). The average molecular weight is 420 g/mol. The summed E-state index contributed by atoms with van der Waals surface area (Å²) in [4.78, 5) is 4.43. The van der Waals surface area contributed by atoms with Gasteiger partial charge in [-0.05, 0) is 36.4 Å². The molecule has 0 aliphatic rings. The number of hydrogen-bond acceptors (Lipinski definition) is 7. The SMILES string of the molecule is O=S(=O)(Nc1nc(CCNCCO)cs1)c1ccc(Oc2ccccc2)cc1. The monoisotopic (exact) mass is 419 g/mol. The molecular weight excluding hydrogens is 398 g/mol. The molecule has 0 fully saturated rings. The molecule has 1 aromatic heterocycles. The van der Waals surface area contributed by atoms with E-state index in [1.807, 2.05) is 35.7 Å². The Bertz CT molecular complexity index is 974.